The van der Waals surface area contributed by atoms with Crippen molar-refractivity contribution in [3.8, 4) is 16.9 Å². The van der Waals surface area contributed by atoms with E-state index in [0.717, 1.165) is 42.4 Å². The van der Waals surface area contributed by atoms with Crippen LogP contribution in [0.25, 0.3) is 11.1 Å². The van der Waals surface area contributed by atoms with Gasteiger partial charge in [0.25, 0.3) is 0 Å². The molecule has 5 heteroatoms. The van der Waals surface area contributed by atoms with Gasteiger partial charge in [-0.15, -0.1) is 0 Å². The highest BCUT2D eigenvalue weighted by Crippen LogP contribution is 2.39. The van der Waals surface area contributed by atoms with Crippen molar-refractivity contribution in [3.05, 3.63) is 77.1 Å². The highest BCUT2D eigenvalue weighted by Gasteiger charge is 2.32. The van der Waals surface area contributed by atoms with E-state index in [9.17, 15) is 9.90 Å². The number of phenolic OH excluding ortho intramolecular Hbond substituents is 1. The van der Waals surface area contributed by atoms with Gasteiger partial charge < -0.3 is 10.4 Å². The number of rotatable bonds is 5. The first-order chi connectivity index (χ1) is 14.5. The number of aromatic hydroxyl groups is 1. The Bertz CT molecular complexity index is 1040. The summed E-state index contributed by atoms with van der Waals surface area (Å²) in [4.78, 5) is 17.5. The van der Waals surface area contributed by atoms with Crippen molar-refractivity contribution in [3.63, 3.8) is 0 Å². The van der Waals surface area contributed by atoms with Crippen molar-refractivity contribution in [2.24, 2.45) is 5.92 Å². The molecule has 1 aliphatic carbocycles. The quantitative estimate of drug-likeness (QED) is 0.507. The highest BCUT2D eigenvalue weighted by molar-refractivity contribution is 6.30. The number of carbonyl (C=O) groups excluding carboxylic acids is 1. The third kappa shape index (κ3) is 4.34. The Labute approximate surface area is 181 Å². The fraction of sp³-hybridized carbons (Fsp3) is 0.280. The van der Waals surface area contributed by atoms with Crippen LogP contribution in [0, 0.1) is 12.8 Å². The van der Waals surface area contributed by atoms with Crippen LogP contribution in [0.5, 0.6) is 5.75 Å². The smallest absolute Gasteiger partial charge is 0.232 e. The molecule has 2 aromatic carbocycles. The number of halogens is 1. The minimum absolute atomic E-state index is 0.0206. The second-order valence-electron chi connectivity index (χ2n) is 7.97. The summed E-state index contributed by atoms with van der Waals surface area (Å²) in [6.45, 7) is 1.81. The average Bonchev–Trinajstić information content (AvgIpc) is 3.26. The molecular weight excluding hydrogens is 396 g/mol. The second kappa shape index (κ2) is 8.88. The topological polar surface area (TPSA) is 62.2 Å². The normalized spacial score (nSPS) is 15.1. The minimum atomic E-state index is -0.221. The number of carbonyl (C=O) groups is 1. The number of amides is 1. The van der Waals surface area contributed by atoms with Gasteiger partial charge in [0, 0.05) is 29.2 Å². The predicted octanol–water partition coefficient (Wildman–Crippen LogP) is 6.33. The lowest BCUT2D eigenvalue weighted by molar-refractivity contribution is -0.118. The molecule has 4 rings (SSSR count). The second-order valence-corrected chi connectivity index (χ2v) is 8.41. The molecule has 1 heterocycles. The van der Waals surface area contributed by atoms with Gasteiger partial charge in [0.2, 0.25) is 5.91 Å². The molecule has 0 saturated heterocycles. The summed E-state index contributed by atoms with van der Waals surface area (Å²) in [6, 6.07) is 15.2. The first-order valence-corrected chi connectivity index (χ1v) is 10.7. The van der Waals surface area contributed by atoms with Crippen molar-refractivity contribution < 1.29 is 9.90 Å². The third-order valence-corrected chi connectivity index (χ3v) is 6.23. The number of anilines is 1. The lowest BCUT2D eigenvalue weighted by Crippen LogP contribution is -2.26. The van der Waals surface area contributed by atoms with Gasteiger partial charge in [-0.25, -0.2) is 0 Å². The number of nitrogens with zero attached hydrogens (tertiary/aromatic N) is 1. The predicted molar refractivity (Wildman–Crippen MR) is 121 cm³/mol. The van der Waals surface area contributed by atoms with Crippen LogP contribution in [0.4, 0.5) is 5.69 Å². The van der Waals surface area contributed by atoms with Crippen molar-refractivity contribution in [1.29, 1.82) is 0 Å². The van der Waals surface area contributed by atoms with E-state index in [0.29, 0.717) is 22.2 Å². The Hall–Kier alpha value is -2.85. The van der Waals surface area contributed by atoms with E-state index < -0.39 is 0 Å². The monoisotopic (exact) mass is 420 g/mol. The molecular formula is C25H25ClN2O2. The Kier molecular flexibility index (Phi) is 6.05. The summed E-state index contributed by atoms with van der Waals surface area (Å²) in [5, 5.41) is 13.6. The van der Waals surface area contributed by atoms with E-state index >= 15 is 0 Å². The van der Waals surface area contributed by atoms with E-state index in [-0.39, 0.29) is 17.6 Å². The zero-order valence-electron chi connectivity index (χ0n) is 16.9. The molecule has 30 heavy (non-hydrogen) atoms. The van der Waals surface area contributed by atoms with E-state index in [2.05, 4.69) is 10.3 Å². The van der Waals surface area contributed by atoms with Crippen molar-refractivity contribution in [2.75, 3.05) is 5.32 Å². The van der Waals surface area contributed by atoms with Crippen LogP contribution in [0.2, 0.25) is 5.02 Å². The van der Waals surface area contributed by atoms with Gasteiger partial charge in [0.1, 0.15) is 5.75 Å². The molecule has 1 aromatic heterocycles. The number of hydrogen-bond donors (Lipinski definition) is 2. The third-order valence-electron chi connectivity index (χ3n) is 6.02. The molecule has 0 unspecified atom stereocenters. The Balaban J connectivity index is 1.62. The van der Waals surface area contributed by atoms with Crippen LogP contribution in [0.15, 0.2) is 60.9 Å². The van der Waals surface area contributed by atoms with Gasteiger partial charge >= 0.3 is 0 Å². The fourth-order valence-electron chi connectivity index (χ4n) is 4.35. The molecule has 1 saturated carbocycles. The Morgan fingerprint density at radius 2 is 1.83 bits per heavy atom. The van der Waals surface area contributed by atoms with E-state index in [1.165, 1.54) is 0 Å². The van der Waals surface area contributed by atoms with E-state index in [1.807, 2.05) is 43.3 Å². The van der Waals surface area contributed by atoms with E-state index in [1.54, 1.807) is 24.5 Å². The fourth-order valence-corrected chi connectivity index (χ4v) is 4.52. The molecule has 0 radical (unpaired) electrons. The van der Waals surface area contributed by atoms with Crippen LogP contribution in [0.1, 0.15) is 42.7 Å². The molecule has 1 fully saturated rings. The SMILES string of the molecule is Cc1c(O)cccc1NC(=O)[C@@H](c1ccc(-c2cncc(Cl)c2)cc1)C1CCCC1. The number of hydrogen-bond acceptors (Lipinski definition) is 3. The number of nitrogens with one attached hydrogen (secondary N) is 1. The lowest BCUT2D eigenvalue weighted by atomic mass is 9.83. The summed E-state index contributed by atoms with van der Waals surface area (Å²) >= 11 is 6.07. The maximum absolute atomic E-state index is 13.3. The zero-order chi connectivity index (χ0) is 21.1. The summed E-state index contributed by atoms with van der Waals surface area (Å²) in [6.07, 6.45) is 7.82. The van der Waals surface area contributed by atoms with Gasteiger partial charge in [-0.3, -0.25) is 9.78 Å². The molecule has 3 aromatic rings. The van der Waals surface area contributed by atoms with Gasteiger partial charge in [-0.05, 0) is 55.0 Å². The molecule has 1 aliphatic rings. The zero-order valence-corrected chi connectivity index (χ0v) is 17.7. The standard InChI is InChI=1S/C25H25ClN2O2/c1-16-22(7-4-8-23(16)29)28-25(30)24(18-5-2-3-6-18)19-11-9-17(10-12-19)20-13-21(26)15-27-14-20/h4,7-15,18,24,29H,2-3,5-6H2,1H3,(H,28,30)/t24-/m1/s1. The molecule has 0 bridgehead atoms. The van der Waals surface area contributed by atoms with Crippen LogP contribution < -0.4 is 5.32 Å². The van der Waals surface area contributed by atoms with E-state index in [4.69, 9.17) is 11.6 Å². The summed E-state index contributed by atoms with van der Waals surface area (Å²) < 4.78 is 0. The number of aromatic nitrogens is 1. The lowest BCUT2D eigenvalue weighted by Gasteiger charge is -2.24. The van der Waals surface area contributed by atoms with Crippen molar-refractivity contribution >= 4 is 23.2 Å². The first kappa shape index (κ1) is 20.4. The molecule has 1 atom stereocenters. The minimum Gasteiger partial charge on any atom is -0.508 e. The number of pyridine rings is 1. The van der Waals surface area contributed by atoms with Crippen LogP contribution in [-0.4, -0.2) is 16.0 Å². The Morgan fingerprint density at radius 3 is 2.53 bits per heavy atom. The van der Waals surface area contributed by atoms with Crippen LogP contribution >= 0.6 is 11.6 Å². The van der Waals surface area contributed by atoms with Gasteiger partial charge in [-0.1, -0.05) is 54.8 Å². The van der Waals surface area contributed by atoms with Crippen LogP contribution in [0.3, 0.4) is 0 Å². The molecule has 2 N–H and O–H groups in total. The highest BCUT2D eigenvalue weighted by atomic mass is 35.5. The maximum Gasteiger partial charge on any atom is 0.232 e. The molecule has 154 valence electrons. The van der Waals surface area contributed by atoms with Gasteiger partial charge in [0.05, 0.1) is 10.9 Å². The first-order valence-electron chi connectivity index (χ1n) is 10.3. The Morgan fingerprint density at radius 1 is 1.10 bits per heavy atom. The largest absolute Gasteiger partial charge is 0.508 e. The number of phenols is 1. The average molecular weight is 421 g/mol. The van der Waals surface area contributed by atoms with Gasteiger partial charge in [-0.2, -0.15) is 0 Å². The van der Waals surface area contributed by atoms with Crippen LogP contribution in [-0.2, 0) is 4.79 Å². The van der Waals surface area contributed by atoms with Gasteiger partial charge in [0.15, 0.2) is 0 Å². The maximum atomic E-state index is 13.3. The molecule has 0 aliphatic heterocycles. The van der Waals surface area contributed by atoms with Crippen molar-refractivity contribution in [1.82, 2.24) is 4.98 Å². The molecule has 1 amide bonds. The summed E-state index contributed by atoms with van der Waals surface area (Å²) in [5.41, 5.74) is 4.31. The summed E-state index contributed by atoms with van der Waals surface area (Å²) in [5.74, 6) is 0.263. The number of benzene rings is 2. The summed E-state index contributed by atoms with van der Waals surface area (Å²) in [7, 11) is 0. The molecule has 0 spiro atoms. The van der Waals surface area contributed by atoms with Crippen molar-refractivity contribution in [2.45, 2.75) is 38.5 Å². The molecule has 4 nitrogen and oxygen atoms in total.